The molecule has 2 aromatic carbocycles. The van der Waals surface area contributed by atoms with Crippen LogP contribution in [0.15, 0.2) is 42.5 Å². The van der Waals surface area contributed by atoms with E-state index in [1.807, 2.05) is 24.3 Å². The quantitative estimate of drug-likeness (QED) is 0.714. The molecule has 0 aliphatic carbocycles. The third-order valence-electron chi connectivity index (χ3n) is 4.64. The Balaban J connectivity index is 1.36. The van der Waals surface area contributed by atoms with Gasteiger partial charge in [0.25, 0.3) is 0 Å². The third kappa shape index (κ3) is 3.87. The summed E-state index contributed by atoms with van der Waals surface area (Å²) in [6.45, 7) is 0.520. The lowest BCUT2D eigenvalue weighted by atomic mass is 10.1. The van der Waals surface area contributed by atoms with Gasteiger partial charge in [-0.1, -0.05) is 23.5 Å². The second-order valence-electron chi connectivity index (χ2n) is 6.69. The Morgan fingerprint density at radius 3 is 2.71 bits per heavy atom. The van der Waals surface area contributed by atoms with Gasteiger partial charge in [0.2, 0.25) is 11.8 Å². The zero-order valence-electron chi connectivity index (χ0n) is 14.8. The molecule has 144 valence electrons. The van der Waals surface area contributed by atoms with Gasteiger partial charge in [-0.05, 0) is 36.2 Å². The zero-order chi connectivity index (χ0) is 19.7. The highest BCUT2D eigenvalue weighted by molar-refractivity contribution is 7.22. The first-order valence-electron chi connectivity index (χ1n) is 8.88. The average Bonchev–Trinajstić information content (AvgIpc) is 3.24. The number of rotatable bonds is 5. The van der Waals surface area contributed by atoms with Gasteiger partial charge in [0.05, 0.1) is 16.1 Å². The molecule has 8 heteroatoms. The minimum atomic E-state index is -0.644. The molecular weight excluding hydrogens is 384 g/mol. The lowest BCUT2D eigenvalue weighted by Gasteiger charge is -2.13. The fraction of sp³-hybridized carbons (Fsp3) is 0.250. The number of carbonyl (C=O) groups is 2. The molecule has 1 aliphatic rings. The monoisotopic (exact) mass is 401 g/mol. The topological polar surface area (TPSA) is 62.3 Å². The van der Waals surface area contributed by atoms with Crippen LogP contribution in [0.25, 0.3) is 10.2 Å². The van der Waals surface area contributed by atoms with Crippen LogP contribution in [-0.2, 0) is 16.0 Å². The van der Waals surface area contributed by atoms with E-state index in [0.29, 0.717) is 17.1 Å². The number of benzene rings is 2. The Hall–Kier alpha value is -2.87. The first kappa shape index (κ1) is 18.5. The van der Waals surface area contributed by atoms with Crippen LogP contribution in [0, 0.1) is 17.6 Å². The molecule has 0 bridgehead atoms. The predicted octanol–water partition coefficient (Wildman–Crippen LogP) is 3.29. The van der Waals surface area contributed by atoms with E-state index in [4.69, 9.17) is 0 Å². The van der Waals surface area contributed by atoms with Gasteiger partial charge >= 0.3 is 0 Å². The van der Waals surface area contributed by atoms with E-state index in [2.05, 4.69) is 10.3 Å². The first-order chi connectivity index (χ1) is 13.5. The number of fused-ring (bicyclic) bond motifs is 1. The lowest BCUT2D eigenvalue weighted by Crippen LogP contribution is -2.34. The summed E-state index contributed by atoms with van der Waals surface area (Å²) in [4.78, 5) is 30.8. The molecule has 28 heavy (non-hydrogen) atoms. The number of hydrogen-bond acceptors (Lipinski definition) is 4. The Morgan fingerprint density at radius 1 is 1.21 bits per heavy atom. The molecule has 0 saturated carbocycles. The summed E-state index contributed by atoms with van der Waals surface area (Å²) >= 11 is 1.42. The summed E-state index contributed by atoms with van der Waals surface area (Å²) in [5, 5.41) is 3.35. The smallest absolute Gasteiger partial charge is 0.229 e. The molecule has 1 N–H and O–H groups in total. The number of anilines is 1. The molecule has 3 aromatic rings. The zero-order valence-corrected chi connectivity index (χ0v) is 15.6. The highest BCUT2D eigenvalue weighted by atomic mass is 32.1. The Morgan fingerprint density at radius 2 is 1.96 bits per heavy atom. The predicted molar refractivity (Wildman–Crippen MR) is 103 cm³/mol. The molecule has 1 atom stereocenters. The molecule has 1 unspecified atom stereocenters. The van der Waals surface area contributed by atoms with E-state index in [0.717, 1.165) is 16.3 Å². The number of aromatic nitrogens is 1. The minimum Gasteiger partial charge on any atom is -0.355 e. The number of carbonyl (C=O) groups excluding carboxylic acids is 2. The van der Waals surface area contributed by atoms with Crippen LogP contribution < -0.4 is 10.2 Å². The Bertz CT molecular complexity index is 1000. The summed E-state index contributed by atoms with van der Waals surface area (Å²) < 4.78 is 27.4. The largest absolute Gasteiger partial charge is 0.355 e. The van der Waals surface area contributed by atoms with Crippen molar-refractivity contribution in [1.29, 1.82) is 0 Å². The van der Waals surface area contributed by atoms with Crippen molar-refractivity contribution in [3.63, 3.8) is 0 Å². The van der Waals surface area contributed by atoms with Crippen LogP contribution in [0.2, 0.25) is 0 Å². The summed E-state index contributed by atoms with van der Waals surface area (Å²) in [6.07, 6.45) is 0.430. The molecule has 4 rings (SSSR count). The molecule has 0 spiro atoms. The van der Waals surface area contributed by atoms with Crippen molar-refractivity contribution < 1.29 is 18.4 Å². The number of nitrogens with zero attached hydrogens (tertiary/aromatic N) is 2. The average molecular weight is 401 g/mol. The maximum absolute atomic E-state index is 13.2. The molecule has 0 radical (unpaired) electrons. The molecule has 2 heterocycles. The molecule has 2 amide bonds. The summed E-state index contributed by atoms with van der Waals surface area (Å²) in [5.74, 6) is -2.13. The van der Waals surface area contributed by atoms with E-state index in [9.17, 15) is 18.4 Å². The second kappa shape index (κ2) is 7.63. The number of nitrogens with one attached hydrogen (secondary N) is 1. The van der Waals surface area contributed by atoms with Crippen LogP contribution in [-0.4, -0.2) is 29.9 Å². The van der Waals surface area contributed by atoms with Crippen molar-refractivity contribution in [3.8, 4) is 0 Å². The number of hydrogen-bond donors (Lipinski definition) is 1. The Labute approximate surface area is 164 Å². The van der Waals surface area contributed by atoms with Gasteiger partial charge in [0.15, 0.2) is 5.13 Å². The van der Waals surface area contributed by atoms with Crippen molar-refractivity contribution in [2.45, 2.75) is 12.8 Å². The fourth-order valence-corrected chi connectivity index (χ4v) is 4.27. The maximum Gasteiger partial charge on any atom is 0.229 e. The molecular formula is C20H17F2N3O2S. The van der Waals surface area contributed by atoms with Gasteiger partial charge in [0.1, 0.15) is 11.6 Å². The van der Waals surface area contributed by atoms with E-state index in [1.54, 1.807) is 4.90 Å². The normalized spacial score (nSPS) is 16.7. The SMILES string of the molecule is O=C(NCCc1cc(F)cc(F)c1)C1CC(=O)N(c2nc3ccccc3s2)C1. The van der Waals surface area contributed by atoms with Gasteiger partial charge in [-0.3, -0.25) is 14.5 Å². The van der Waals surface area contributed by atoms with E-state index >= 15 is 0 Å². The highest BCUT2D eigenvalue weighted by Crippen LogP contribution is 2.32. The molecule has 1 aromatic heterocycles. The van der Waals surface area contributed by atoms with Crippen LogP contribution in [0.1, 0.15) is 12.0 Å². The van der Waals surface area contributed by atoms with Crippen molar-refractivity contribution in [2.75, 3.05) is 18.0 Å². The minimum absolute atomic E-state index is 0.121. The van der Waals surface area contributed by atoms with E-state index in [-0.39, 0.29) is 31.3 Å². The van der Waals surface area contributed by atoms with Gasteiger partial charge in [-0.15, -0.1) is 0 Å². The van der Waals surface area contributed by atoms with Gasteiger partial charge in [-0.25, -0.2) is 13.8 Å². The Kier molecular flexibility index (Phi) is 5.04. The number of para-hydroxylation sites is 1. The number of thiazole rings is 1. The summed E-state index contributed by atoms with van der Waals surface area (Å²) in [5.41, 5.74) is 1.29. The van der Waals surface area contributed by atoms with Gasteiger partial charge < -0.3 is 5.32 Å². The number of halogens is 2. The summed E-state index contributed by atoms with van der Waals surface area (Å²) in [6, 6.07) is 10.9. The van der Waals surface area contributed by atoms with Crippen LogP contribution in [0.4, 0.5) is 13.9 Å². The van der Waals surface area contributed by atoms with Crippen LogP contribution >= 0.6 is 11.3 Å². The van der Waals surface area contributed by atoms with Crippen LogP contribution in [0.3, 0.4) is 0 Å². The summed E-state index contributed by atoms with van der Waals surface area (Å²) in [7, 11) is 0. The van der Waals surface area contributed by atoms with Gasteiger partial charge in [-0.2, -0.15) is 0 Å². The first-order valence-corrected chi connectivity index (χ1v) is 9.70. The fourth-order valence-electron chi connectivity index (χ4n) is 3.27. The maximum atomic E-state index is 13.2. The van der Waals surface area contributed by atoms with Crippen molar-refractivity contribution >= 4 is 38.5 Å². The van der Waals surface area contributed by atoms with Crippen molar-refractivity contribution in [2.24, 2.45) is 5.92 Å². The standard InChI is InChI=1S/C20H17F2N3O2S/c21-14-7-12(8-15(22)10-14)5-6-23-19(27)13-9-18(26)25(11-13)20-24-16-3-1-2-4-17(16)28-20/h1-4,7-8,10,13H,5-6,9,11H2,(H,23,27). The molecule has 1 aliphatic heterocycles. The highest BCUT2D eigenvalue weighted by Gasteiger charge is 2.36. The van der Waals surface area contributed by atoms with Crippen molar-refractivity contribution in [3.05, 3.63) is 59.7 Å². The van der Waals surface area contributed by atoms with Crippen molar-refractivity contribution in [1.82, 2.24) is 10.3 Å². The van der Waals surface area contributed by atoms with E-state index in [1.165, 1.54) is 23.5 Å². The molecule has 1 fully saturated rings. The second-order valence-corrected chi connectivity index (χ2v) is 7.70. The van der Waals surface area contributed by atoms with Crippen LogP contribution in [0.5, 0.6) is 0 Å². The number of amides is 2. The molecule has 5 nitrogen and oxygen atoms in total. The van der Waals surface area contributed by atoms with Gasteiger partial charge in [0, 0.05) is 25.6 Å². The third-order valence-corrected chi connectivity index (χ3v) is 5.70. The molecule has 1 saturated heterocycles. The lowest BCUT2D eigenvalue weighted by molar-refractivity contribution is -0.126. The van der Waals surface area contributed by atoms with E-state index < -0.39 is 17.6 Å².